The Hall–Kier alpha value is -3.81. The van der Waals surface area contributed by atoms with Crippen LogP contribution in [-0.2, 0) is 4.74 Å². The first-order valence-corrected chi connectivity index (χ1v) is 8.15. The number of halogens is 2. The lowest BCUT2D eigenvalue weighted by atomic mass is 10.1. The van der Waals surface area contributed by atoms with Gasteiger partial charge in [-0.1, -0.05) is 18.2 Å². The number of nitrogens with zero attached hydrogens (tertiary/aromatic N) is 1. The lowest BCUT2D eigenvalue weighted by Gasteiger charge is -2.11. The third-order valence-electron chi connectivity index (χ3n) is 3.82. The number of pyridine rings is 1. The number of anilines is 3. The van der Waals surface area contributed by atoms with E-state index < -0.39 is 23.5 Å². The monoisotopic (exact) mass is 383 g/mol. The summed E-state index contributed by atoms with van der Waals surface area (Å²) in [5.41, 5.74) is 0.266. The molecule has 3 aromatic rings. The van der Waals surface area contributed by atoms with Gasteiger partial charge < -0.3 is 15.4 Å². The maximum absolute atomic E-state index is 13.8. The van der Waals surface area contributed by atoms with E-state index in [0.717, 1.165) is 12.1 Å². The van der Waals surface area contributed by atoms with Crippen molar-refractivity contribution < 1.29 is 23.1 Å². The molecule has 0 saturated heterocycles. The first-order chi connectivity index (χ1) is 13.5. The summed E-state index contributed by atoms with van der Waals surface area (Å²) in [5.74, 6) is -2.62. The molecule has 0 bridgehead atoms. The molecule has 2 N–H and O–H groups in total. The molecule has 2 aromatic carbocycles. The van der Waals surface area contributed by atoms with E-state index in [-0.39, 0.29) is 28.3 Å². The minimum absolute atomic E-state index is 0.0814. The van der Waals surface area contributed by atoms with Crippen molar-refractivity contribution in [3.63, 3.8) is 0 Å². The van der Waals surface area contributed by atoms with Crippen LogP contribution >= 0.6 is 0 Å². The predicted molar refractivity (Wildman–Crippen MR) is 99.6 cm³/mol. The Kier molecular flexibility index (Phi) is 5.59. The lowest BCUT2D eigenvalue weighted by molar-refractivity contribution is 0.0602. The summed E-state index contributed by atoms with van der Waals surface area (Å²) in [5, 5.41) is 5.14. The molecule has 0 aliphatic heterocycles. The molecule has 0 saturated carbocycles. The highest BCUT2D eigenvalue weighted by atomic mass is 19.1. The molecule has 0 aliphatic carbocycles. The van der Waals surface area contributed by atoms with E-state index >= 15 is 0 Å². The lowest BCUT2D eigenvalue weighted by Crippen LogP contribution is -2.15. The molecule has 8 heteroatoms. The second kappa shape index (κ2) is 8.26. The van der Waals surface area contributed by atoms with Crippen LogP contribution in [0.25, 0.3) is 0 Å². The zero-order valence-electron chi connectivity index (χ0n) is 14.7. The summed E-state index contributed by atoms with van der Waals surface area (Å²) < 4.78 is 32.3. The van der Waals surface area contributed by atoms with Gasteiger partial charge in [0.15, 0.2) is 0 Å². The summed E-state index contributed by atoms with van der Waals surface area (Å²) in [7, 11) is 1.24. The molecule has 0 fully saturated rings. The number of hydrogen-bond donors (Lipinski definition) is 2. The quantitative estimate of drug-likeness (QED) is 0.647. The van der Waals surface area contributed by atoms with E-state index in [1.807, 2.05) is 0 Å². The Bertz CT molecular complexity index is 1020. The first-order valence-electron chi connectivity index (χ1n) is 8.15. The second-order valence-corrected chi connectivity index (χ2v) is 5.64. The van der Waals surface area contributed by atoms with Crippen molar-refractivity contribution in [2.45, 2.75) is 0 Å². The van der Waals surface area contributed by atoms with Crippen molar-refractivity contribution in [2.75, 3.05) is 17.7 Å². The van der Waals surface area contributed by atoms with Crippen LogP contribution < -0.4 is 10.6 Å². The minimum Gasteiger partial charge on any atom is -0.465 e. The summed E-state index contributed by atoms with van der Waals surface area (Å²) in [6.07, 6.45) is 1.32. The van der Waals surface area contributed by atoms with E-state index in [0.29, 0.717) is 0 Å². The third kappa shape index (κ3) is 4.12. The largest absolute Gasteiger partial charge is 0.465 e. The number of aromatic nitrogens is 1. The Morgan fingerprint density at radius 1 is 1.00 bits per heavy atom. The molecule has 0 atom stereocenters. The number of carbonyl (C=O) groups is 2. The van der Waals surface area contributed by atoms with Gasteiger partial charge in [-0.05, 0) is 36.4 Å². The van der Waals surface area contributed by atoms with Crippen LogP contribution in [0.4, 0.5) is 26.0 Å². The second-order valence-electron chi connectivity index (χ2n) is 5.64. The van der Waals surface area contributed by atoms with E-state index in [1.165, 1.54) is 37.6 Å². The van der Waals surface area contributed by atoms with Crippen LogP contribution in [0.5, 0.6) is 0 Å². The fourth-order valence-electron chi connectivity index (χ4n) is 2.46. The SMILES string of the molecule is COC(=O)c1ccccc1NC(=O)c1ccnc(Nc2c(F)cccc2F)c1. The van der Waals surface area contributed by atoms with E-state index in [1.54, 1.807) is 18.2 Å². The van der Waals surface area contributed by atoms with E-state index in [2.05, 4.69) is 15.6 Å². The Morgan fingerprint density at radius 2 is 1.71 bits per heavy atom. The predicted octanol–water partition coefficient (Wildman–Crippen LogP) is 4.14. The highest BCUT2D eigenvalue weighted by Gasteiger charge is 2.15. The molecule has 0 unspecified atom stereocenters. The van der Waals surface area contributed by atoms with Crippen LogP contribution in [0.3, 0.4) is 0 Å². The molecule has 0 radical (unpaired) electrons. The van der Waals surface area contributed by atoms with Crippen molar-refractivity contribution in [1.82, 2.24) is 4.98 Å². The molecule has 142 valence electrons. The Morgan fingerprint density at radius 3 is 2.43 bits per heavy atom. The zero-order valence-corrected chi connectivity index (χ0v) is 14.7. The number of amides is 1. The van der Waals surface area contributed by atoms with Gasteiger partial charge in [0.2, 0.25) is 0 Å². The summed E-state index contributed by atoms with van der Waals surface area (Å²) in [6.45, 7) is 0. The normalized spacial score (nSPS) is 10.2. The molecule has 1 aromatic heterocycles. The van der Waals surface area contributed by atoms with Crippen LogP contribution in [-0.4, -0.2) is 24.0 Å². The number of carbonyl (C=O) groups excluding carboxylic acids is 2. The van der Waals surface area contributed by atoms with Crippen molar-refractivity contribution in [3.8, 4) is 0 Å². The zero-order chi connectivity index (χ0) is 20.1. The number of benzene rings is 2. The fourth-order valence-corrected chi connectivity index (χ4v) is 2.46. The number of ether oxygens (including phenoxy) is 1. The Balaban J connectivity index is 1.83. The van der Waals surface area contributed by atoms with Gasteiger partial charge in [-0.15, -0.1) is 0 Å². The van der Waals surface area contributed by atoms with Gasteiger partial charge in [0.25, 0.3) is 5.91 Å². The van der Waals surface area contributed by atoms with Gasteiger partial charge in [-0.3, -0.25) is 4.79 Å². The molecule has 0 aliphatic rings. The van der Waals surface area contributed by atoms with Gasteiger partial charge >= 0.3 is 5.97 Å². The van der Waals surface area contributed by atoms with Crippen molar-refractivity contribution in [1.29, 1.82) is 0 Å². The van der Waals surface area contributed by atoms with E-state index in [4.69, 9.17) is 4.74 Å². The smallest absolute Gasteiger partial charge is 0.339 e. The third-order valence-corrected chi connectivity index (χ3v) is 3.82. The molecular formula is C20H15F2N3O3. The molecular weight excluding hydrogens is 368 g/mol. The highest BCUT2D eigenvalue weighted by molar-refractivity contribution is 6.08. The Labute approximate surface area is 159 Å². The number of para-hydroxylation sites is 2. The van der Waals surface area contributed by atoms with Gasteiger partial charge in [-0.2, -0.15) is 0 Å². The minimum atomic E-state index is -0.788. The number of esters is 1. The van der Waals surface area contributed by atoms with Crippen LogP contribution in [0.1, 0.15) is 20.7 Å². The van der Waals surface area contributed by atoms with Crippen LogP contribution in [0.2, 0.25) is 0 Å². The van der Waals surface area contributed by atoms with Gasteiger partial charge in [0.05, 0.1) is 18.4 Å². The van der Waals surface area contributed by atoms with Gasteiger partial charge in [0.1, 0.15) is 23.1 Å². The summed E-state index contributed by atoms with van der Waals surface area (Å²) >= 11 is 0. The molecule has 6 nitrogen and oxygen atoms in total. The van der Waals surface area contributed by atoms with Crippen molar-refractivity contribution in [2.24, 2.45) is 0 Å². The fraction of sp³-hybridized carbons (Fsp3) is 0.0500. The van der Waals surface area contributed by atoms with Crippen molar-refractivity contribution >= 4 is 29.1 Å². The number of nitrogens with one attached hydrogen (secondary N) is 2. The number of hydrogen-bond acceptors (Lipinski definition) is 5. The summed E-state index contributed by atoms with van der Waals surface area (Å²) in [4.78, 5) is 28.3. The number of methoxy groups -OCH3 is 1. The molecule has 0 spiro atoms. The first kappa shape index (κ1) is 19.0. The topological polar surface area (TPSA) is 80.3 Å². The van der Waals surface area contributed by atoms with Gasteiger partial charge in [0, 0.05) is 11.8 Å². The molecule has 3 rings (SSSR count). The maximum Gasteiger partial charge on any atom is 0.339 e. The molecule has 1 heterocycles. The summed E-state index contributed by atoms with van der Waals surface area (Å²) in [6, 6.07) is 12.6. The molecule has 1 amide bonds. The van der Waals surface area contributed by atoms with E-state index in [9.17, 15) is 18.4 Å². The van der Waals surface area contributed by atoms with Crippen LogP contribution in [0, 0.1) is 11.6 Å². The average molecular weight is 383 g/mol. The molecule has 28 heavy (non-hydrogen) atoms. The van der Waals surface area contributed by atoms with Crippen molar-refractivity contribution in [3.05, 3.63) is 83.6 Å². The number of rotatable bonds is 5. The van der Waals surface area contributed by atoms with Crippen LogP contribution in [0.15, 0.2) is 60.8 Å². The maximum atomic E-state index is 13.8. The highest BCUT2D eigenvalue weighted by Crippen LogP contribution is 2.23. The van der Waals surface area contributed by atoms with Gasteiger partial charge in [-0.25, -0.2) is 18.6 Å². The standard InChI is InChI=1S/C20H15F2N3O3/c1-28-20(27)13-5-2-3-8-16(13)24-19(26)12-9-10-23-17(11-12)25-18-14(21)6-4-7-15(18)22/h2-11H,1H3,(H,23,25)(H,24,26). The average Bonchev–Trinajstić information content (AvgIpc) is 2.71.